The Labute approximate surface area is 104 Å². The van der Waals surface area contributed by atoms with E-state index in [1.807, 2.05) is 0 Å². The van der Waals surface area contributed by atoms with Crippen LogP contribution in [-0.2, 0) is 13.5 Å². The second-order valence-electron chi connectivity index (χ2n) is 4.00. The maximum atomic E-state index is 11.7. The van der Waals surface area contributed by atoms with E-state index in [0.717, 1.165) is 18.7 Å². The minimum Gasteiger partial charge on any atom is -0.396 e. The summed E-state index contributed by atoms with van der Waals surface area (Å²) in [6.45, 7) is 0.565. The quantitative estimate of drug-likeness (QED) is 0.652. The Bertz CT molecular complexity index is 516. The molecule has 0 unspecified atom stereocenters. The second kappa shape index (κ2) is 5.35. The van der Waals surface area contributed by atoms with Crippen LogP contribution in [0, 0.1) is 0 Å². The van der Waals surface area contributed by atoms with E-state index in [0.29, 0.717) is 12.2 Å². The lowest BCUT2D eigenvalue weighted by atomic mass is 10.3. The molecule has 0 atom stereocenters. The molecule has 0 bridgehead atoms. The molecule has 2 aromatic heterocycles. The highest BCUT2D eigenvalue weighted by Gasteiger charge is 2.12. The largest absolute Gasteiger partial charge is 0.396 e. The van der Waals surface area contributed by atoms with Crippen LogP contribution in [0.2, 0.25) is 0 Å². The lowest BCUT2D eigenvalue weighted by Gasteiger charge is -2.02. The molecule has 2 aromatic rings. The van der Waals surface area contributed by atoms with Gasteiger partial charge in [-0.1, -0.05) is 0 Å². The van der Waals surface area contributed by atoms with Gasteiger partial charge in [0.05, 0.1) is 5.69 Å². The van der Waals surface area contributed by atoms with Crippen molar-refractivity contribution in [3.05, 3.63) is 30.1 Å². The molecule has 0 aromatic carbocycles. The van der Waals surface area contributed by atoms with Gasteiger partial charge in [0.15, 0.2) is 5.69 Å². The van der Waals surface area contributed by atoms with Crippen molar-refractivity contribution in [3.8, 4) is 0 Å². The first kappa shape index (κ1) is 12.2. The number of nitrogens with two attached hydrogens (primary N) is 1. The van der Waals surface area contributed by atoms with Crippen LogP contribution in [0.1, 0.15) is 22.7 Å². The lowest BCUT2D eigenvalue weighted by Crippen LogP contribution is -2.26. The molecule has 4 N–H and O–H groups in total. The van der Waals surface area contributed by atoms with Crippen molar-refractivity contribution in [1.82, 2.24) is 25.1 Å². The molecule has 0 saturated carbocycles. The number of carbonyl (C=O) groups is 1. The van der Waals surface area contributed by atoms with Gasteiger partial charge >= 0.3 is 0 Å². The third-order valence-corrected chi connectivity index (χ3v) is 2.50. The number of amides is 1. The molecule has 2 rings (SSSR count). The predicted molar refractivity (Wildman–Crippen MR) is 66.9 cm³/mol. The Hall–Kier alpha value is -2.31. The molecule has 1 amide bonds. The highest BCUT2D eigenvalue weighted by atomic mass is 16.1. The molecule has 0 saturated heterocycles. The summed E-state index contributed by atoms with van der Waals surface area (Å²) >= 11 is 0. The van der Waals surface area contributed by atoms with E-state index in [1.54, 1.807) is 25.6 Å². The van der Waals surface area contributed by atoms with Gasteiger partial charge in [-0.2, -0.15) is 5.10 Å². The molecule has 7 nitrogen and oxygen atoms in total. The van der Waals surface area contributed by atoms with Crippen LogP contribution < -0.4 is 11.1 Å². The van der Waals surface area contributed by atoms with E-state index < -0.39 is 0 Å². The summed E-state index contributed by atoms with van der Waals surface area (Å²) in [5, 5.41) is 6.78. The zero-order valence-electron chi connectivity index (χ0n) is 10.2. The molecule has 96 valence electrons. The summed E-state index contributed by atoms with van der Waals surface area (Å²) in [6, 6.07) is 0. The van der Waals surface area contributed by atoms with Crippen molar-refractivity contribution in [3.63, 3.8) is 0 Å². The maximum absolute atomic E-state index is 11.7. The average Bonchev–Trinajstić information content (AvgIpc) is 2.94. The highest BCUT2D eigenvalue weighted by Crippen LogP contribution is 2.07. The standard InChI is InChI=1S/C11H16N6O/c1-17-7-8(12)10(16-17)11(18)15-4-2-3-9-13-5-6-14-9/h5-7H,2-4,12H2,1H3,(H,13,14)(H,15,18). The van der Waals surface area contributed by atoms with Crippen molar-refractivity contribution >= 4 is 11.6 Å². The van der Waals surface area contributed by atoms with Crippen molar-refractivity contribution in [2.75, 3.05) is 12.3 Å². The van der Waals surface area contributed by atoms with Crippen LogP contribution in [0.25, 0.3) is 0 Å². The Balaban J connectivity index is 1.77. The number of nitrogens with zero attached hydrogens (tertiary/aromatic N) is 3. The number of nitrogens with one attached hydrogen (secondary N) is 2. The van der Waals surface area contributed by atoms with Gasteiger partial charge in [-0.05, 0) is 6.42 Å². The molecular formula is C11H16N6O. The van der Waals surface area contributed by atoms with Gasteiger partial charge < -0.3 is 16.0 Å². The summed E-state index contributed by atoms with van der Waals surface area (Å²) in [5.74, 6) is 0.675. The molecule has 0 aliphatic rings. The van der Waals surface area contributed by atoms with Crippen molar-refractivity contribution < 1.29 is 4.79 Å². The lowest BCUT2D eigenvalue weighted by molar-refractivity contribution is 0.0948. The number of nitrogen functional groups attached to an aromatic ring is 1. The zero-order valence-corrected chi connectivity index (χ0v) is 10.2. The number of carbonyl (C=O) groups excluding carboxylic acids is 1. The van der Waals surface area contributed by atoms with Crippen molar-refractivity contribution in [1.29, 1.82) is 0 Å². The smallest absolute Gasteiger partial charge is 0.273 e. The Morgan fingerprint density at radius 3 is 3.06 bits per heavy atom. The normalized spacial score (nSPS) is 10.5. The number of hydrogen-bond acceptors (Lipinski definition) is 4. The molecule has 18 heavy (non-hydrogen) atoms. The number of rotatable bonds is 5. The number of aromatic amines is 1. The van der Waals surface area contributed by atoms with Crippen LogP contribution in [0.3, 0.4) is 0 Å². The number of hydrogen-bond donors (Lipinski definition) is 3. The van der Waals surface area contributed by atoms with E-state index >= 15 is 0 Å². The average molecular weight is 248 g/mol. The van der Waals surface area contributed by atoms with Crippen molar-refractivity contribution in [2.45, 2.75) is 12.8 Å². The number of anilines is 1. The molecule has 0 fully saturated rings. The van der Waals surface area contributed by atoms with Gasteiger partial charge in [-0.25, -0.2) is 4.98 Å². The van der Waals surface area contributed by atoms with Gasteiger partial charge in [0.1, 0.15) is 5.82 Å². The van der Waals surface area contributed by atoms with Gasteiger partial charge in [0.2, 0.25) is 0 Å². The molecular weight excluding hydrogens is 232 g/mol. The first-order valence-electron chi connectivity index (χ1n) is 5.72. The molecule has 0 radical (unpaired) electrons. The third-order valence-electron chi connectivity index (χ3n) is 2.50. The van der Waals surface area contributed by atoms with Crippen LogP contribution in [0.5, 0.6) is 0 Å². The fraction of sp³-hybridized carbons (Fsp3) is 0.364. The predicted octanol–water partition coefficient (Wildman–Crippen LogP) is 0.0880. The van der Waals surface area contributed by atoms with E-state index in [1.165, 1.54) is 4.68 Å². The third kappa shape index (κ3) is 2.88. The summed E-state index contributed by atoms with van der Waals surface area (Å²) in [6.07, 6.45) is 6.71. The number of aryl methyl sites for hydroxylation is 2. The van der Waals surface area contributed by atoms with Gasteiger partial charge in [0.25, 0.3) is 5.91 Å². The van der Waals surface area contributed by atoms with Crippen molar-refractivity contribution in [2.24, 2.45) is 7.05 Å². The fourth-order valence-electron chi connectivity index (χ4n) is 1.66. The van der Waals surface area contributed by atoms with E-state index in [9.17, 15) is 4.79 Å². The van der Waals surface area contributed by atoms with Gasteiger partial charge in [-0.3, -0.25) is 9.48 Å². The first-order valence-corrected chi connectivity index (χ1v) is 5.72. The molecule has 0 aliphatic heterocycles. The first-order chi connectivity index (χ1) is 8.66. The molecule has 0 aliphatic carbocycles. The summed E-state index contributed by atoms with van der Waals surface area (Å²) < 4.78 is 1.52. The highest BCUT2D eigenvalue weighted by molar-refractivity contribution is 5.96. The molecule has 0 spiro atoms. The summed E-state index contributed by atoms with van der Waals surface area (Å²) in [4.78, 5) is 18.9. The van der Waals surface area contributed by atoms with Crippen LogP contribution in [-0.4, -0.2) is 32.2 Å². The monoisotopic (exact) mass is 248 g/mol. The Kier molecular flexibility index (Phi) is 3.61. The topological polar surface area (TPSA) is 102 Å². The second-order valence-corrected chi connectivity index (χ2v) is 4.00. The minimum absolute atomic E-state index is 0.243. The molecule has 7 heteroatoms. The zero-order chi connectivity index (χ0) is 13.0. The van der Waals surface area contributed by atoms with E-state index in [2.05, 4.69) is 20.4 Å². The fourth-order valence-corrected chi connectivity index (χ4v) is 1.66. The number of aromatic nitrogens is 4. The summed E-state index contributed by atoms with van der Waals surface area (Å²) in [7, 11) is 1.73. The Morgan fingerprint density at radius 2 is 2.44 bits per heavy atom. The maximum Gasteiger partial charge on any atom is 0.273 e. The van der Waals surface area contributed by atoms with Gasteiger partial charge in [0, 0.05) is 38.6 Å². The minimum atomic E-state index is -0.243. The molecule has 2 heterocycles. The van der Waals surface area contributed by atoms with Crippen LogP contribution >= 0.6 is 0 Å². The SMILES string of the molecule is Cn1cc(N)c(C(=O)NCCCc2ncc[nH]2)n1. The number of H-pyrrole nitrogens is 1. The Morgan fingerprint density at radius 1 is 1.61 bits per heavy atom. The van der Waals surface area contributed by atoms with Crippen LogP contribution in [0.15, 0.2) is 18.6 Å². The van der Waals surface area contributed by atoms with E-state index in [-0.39, 0.29) is 11.6 Å². The summed E-state index contributed by atoms with van der Waals surface area (Å²) in [5.41, 5.74) is 6.33. The van der Waals surface area contributed by atoms with E-state index in [4.69, 9.17) is 5.73 Å². The number of imidazole rings is 1. The van der Waals surface area contributed by atoms with Gasteiger partial charge in [-0.15, -0.1) is 0 Å². The van der Waals surface area contributed by atoms with Crippen LogP contribution in [0.4, 0.5) is 5.69 Å².